The van der Waals surface area contributed by atoms with E-state index in [-0.39, 0.29) is 0 Å². The van der Waals surface area contributed by atoms with Crippen LogP contribution >= 0.6 is 11.6 Å². The maximum absolute atomic E-state index is 10.6. The van der Waals surface area contributed by atoms with E-state index in [1.807, 2.05) is 24.3 Å². The molecular formula is C22H22ClN5O3. The van der Waals surface area contributed by atoms with E-state index in [4.69, 9.17) is 22.1 Å². The third-order valence-corrected chi connectivity index (χ3v) is 5.26. The van der Waals surface area contributed by atoms with Gasteiger partial charge in [0.1, 0.15) is 36.1 Å². The second-order valence-electron chi connectivity index (χ2n) is 7.26. The van der Waals surface area contributed by atoms with E-state index < -0.39 is 24.5 Å². The molecule has 0 aliphatic carbocycles. The molecular weight excluding hydrogens is 418 g/mol. The average molecular weight is 440 g/mol. The van der Waals surface area contributed by atoms with Gasteiger partial charge in [0, 0.05) is 16.8 Å². The van der Waals surface area contributed by atoms with Crippen LogP contribution in [0, 0.1) is 0 Å². The number of aromatic nitrogens is 3. The maximum atomic E-state index is 10.6. The quantitative estimate of drug-likeness (QED) is 0.525. The summed E-state index contributed by atoms with van der Waals surface area (Å²) in [6, 6.07) is 7.38. The minimum Gasteiger partial charge on any atom is -0.387 e. The van der Waals surface area contributed by atoms with Gasteiger partial charge in [-0.1, -0.05) is 35.9 Å². The van der Waals surface area contributed by atoms with E-state index in [1.165, 1.54) is 6.33 Å². The molecule has 8 nitrogen and oxygen atoms in total. The Labute approximate surface area is 184 Å². The molecule has 1 fully saturated rings. The summed E-state index contributed by atoms with van der Waals surface area (Å²) in [5, 5.41) is 22.4. The van der Waals surface area contributed by atoms with Crippen LogP contribution in [0.1, 0.15) is 24.3 Å². The molecule has 4 N–H and O–H groups in total. The fourth-order valence-electron chi connectivity index (χ4n) is 3.61. The van der Waals surface area contributed by atoms with Crippen molar-refractivity contribution in [3.63, 3.8) is 0 Å². The Morgan fingerprint density at radius 1 is 1.29 bits per heavy atom. The second-order valence-corrected chi connectivity index (χ2v) is 7.85. The Balaban J connectivity index is 1.57. The summed E-state index contributed by atoms with van der Waals surface area (Å²) in [7, 11) is 0. The summed E-state index contributed by atoms with van der Waals surface area (Å²) in [4.78, 5) is 12.2. The average Bonchev–Trinajstić information content (AvgIpc) is 3.29. The van der Waals surface area contributed by atoms with Crippen LogP contribution in [0.5, 0.6) is 0 Å². The lowest BCUT2D eigenvalue weighted by molar-refractivity contribution is -0.0240. The molecule has 0 spiro atoms. The van der Waals surface area contributed by atoms with Gasteiger partial charge in [0.2, 0.25) is 0 Å². The molecule has 0 saturated carbocycles. The van der Waals surface area contributed by atoms with Gasteiger partial charge in [0.05, 0.1) is 11.1 Å². The number of nitrogen functional groups attached to an aromatic ring is 1. The van der Waals surface area contributed by atoms with Crippen LogP contribution in [0.15, 0.2) is 52.9 Å². The van der Waals surface area contributed by atoms with E-state index in [1.54, 1.807) is 35.9 Å². The van der Waals surface area contributed by atoms with E-state index in [0.717, 1.165) is 11.1 Å². The molecule has 1 aliphatic heterocycles. The molecule has 3 aromatic rings. The van der Waals surface area contributed by atoms with Crippen molar-refractivity contribution in [2.45, 2.75) is 31.5 Å². The largest absolute Gasteiger partial charge is 0.387 e. The predicted molar refractivity (Wildman–Crippen MR) is 122 cm³/mol. The summed E-state index contributed by atoms with van der Waals surface area (Å²) in [6.07, 6.45) is 4.56. The highest BCUT2D eigenvalue weighted by molar-refractivity contribution is 6.31. The van der Waals surface area contributed by atoms with Gasteiger partial charge in [-0.15, -0.1) is 0 Å². The number of rotatable bonds is 5. The molecule has 0 unspecified atom stereocenters. The minimum absolute atomic E-state index is 0.336. The van der Waals surface area contributed by atoms with Crippen molar-refractivity contribution in [3.05, 3.63) is 59.0 Å². The van der Waals surface area contributed by atoms with Gasteiger partial charge in [-0.2, -0.15) is 0 Å². The zero-order valence-electron chi connectivity index (χ0n) is 16.8. The fraction of sp³-hybridized carbons (Fsp3) is 0.227. The van der Waals surface area contributed by atoms with Crippen LogP contribution in [0.3, 0.4) is 0 Å². The van der Waals surface area contributed by atoms with Crippen molar-refractivity contribution in [3.8, 4) is 0 Å². The zero-order chi connectivity index (χ0) is 22.1. The lowest BCUT2D eigenvalue weighted by Crippen LogP contribution is -2.30. The number of anilines is 1. The normalized spacial score (nSPS) is 24.3. The number of aliphatic hydroxyl groups is 2. The molecule has 160 valence electrons. The number of allylic oxidation sites excluding steroid dienone is 1. The third kappa shape index (κ3) is 4.11. The van der Waals surface area contributed by atoms with Crippen LogP contribution in [0.25, 0.3) is 23.2 Å². The standard InChI is InChI=1S/C22H22ClN5O3/c1-12(23)9-14-5-3-13(10-16(14)25-2)4-6-17-18(29)19(30)22(31-17)28-8-7-15-20(24)26-11-27-21(15)28/h3-11,17-19,22,29-30H,2H2,1H3,(H2,24,26,27)/b6-4+,12-9+/t17-,18-,19-,22-/m1/s1. The van der Waals surface area contributed by atoms with Crippen molar-refractivity contribution in [2.75, 3.05) is 5.73 Å². The van der Waals surface area contributed by atoms with E-state index in [0.29, 0.717) is 27.6 Å². The van der Waals surface area contributed by atoms with E-state index in [2.05, 4.69) is 21.7 Å². The van der Waals surface area contributed by atoms with Gasteiger partial charge in [0.15, 0.2) is 6.23 Å². The molecule has 0 bridgehead atoms. The summed E-state index contributed by atoms with van der Waals surface area (Å²) >= 11 is 5.96. The lowest BCUT2D eigenvalue weighted by Gasteiger charge is -2.17. The van der Waals surface area contributed by atoms with Gasteiger partial charge in [-0.05, 0) is 37.4 Å². The Hall–Kier alpha value is -3.04. The highest BCUT2D eigenvalue weighted by atomic mass is 35.5. The summed E-state index contributed by atoms with van der Waals surface area (Å²) in [5.74, 6) is 0.336. The first-order chi connectivity index (χ1) is 14.9. The first kappa shape index (κ1) is 21.2. The van der Waals surface area contributed by atoms with Crippen molar-refractivity contribution in [2.24, 2.45) is 4.99 Å². The van der Waals surface area contributed by atoms with Gasteiger partial charge in [0.25, 0.3) is 0 Å². The molecule has 1 aromatic carbocycles. The highest BCUT2D eigenvalue weighted by Gasteiger charge is 2.42. The highest BCUT2D eigenvalue weighted by Crippen LogP contribution is 2.34. The summed E-state index contributed by atoms with van der Waals surface area (Å²) in [6.45, 7) is 5.39. The molecule has 0 radical (unpaired) electrons. The van der Waals surface area contributed by atoms with Crippen LogP contribution < -0.4 is 5.73 Å². The summed E-state index contributed by atoms with van der Waals surface area (Å²) in [5.41, 5.74) is 8.78. The number of hydrogen-bond acceptors (Lipinski definition) is 7. The number of nitrogens with two attached hydrogens (primary N) is 1. The van der Waals surface area contributed by atoms with Crippen molar-refractivity contribution < 1.29 is 14.9 Å². The van der Waals surface area contributed by atoms with Gasteiger partial charge < -0.3 is 25.3 Å². The zero-order valence-corrected chi connectivity index (χ0v) is 17.5. The molecule has 1 aliphatic rings. The van der Waals surface area contributed by atoms with Crippen LogP contribution in [0.2, 0.25) is 0 Å². The number of benzene rings is 1. The first-order valence-electron chi connectivity index (χ1n) is 9.60. The molecule has 0 amide bonds. The Bertz CT molecular complexity index is 1190. The summed E-state index contributed by atoms with van der Waals surface area (Å²) < 4.78 is 7.59. The SMILES string of the molecule is C=Nc1cc(/C=C/[C@H]2O[C@@H](n3ccc4c(N)ncnc43)[C@H](O)[C@@H]2O)ccc1/C=C(\C)Cl. The Kier molecular flexibility index (Phi) is 5.88. The molecule has 4 rings (SSSR count). The number of aliphatic hydroxyl groups excluding tert-OH is 2. The van der Waals surface area contributed by atoms with Crippen molar-refractivity contribution in [1.29, 1.82) is 0 Å². The number of ether oxygens (including phenoxy) is 1. The molecule has 4 atom stereocenters. The van der Waals surface area contributed by atoms with Gasteiger partial charge in [-0.25, -0.2) is 9.97 Å². The predicted octanol–water partition coefficient (Wildman–Crippen LogP) is 3.28. The molecule has 1 saturated heterocycles. The first-order valence-corrected chi connectivity index (χ1v) is 9.98. The van der Waals surface area contributed by atoms with Crippen LogP contribution in [0.4, 0.5) is 11.5 Å². The maximum Gasteiger partial charge on any atom is 0.164 e. The fourth-order valence-corrected chi connectivity index (χ4v) is 3.73. The Morgan fingerprint density at radius 3 is 2.84 bits per heavy atom. The number of halogens is 1. The van der Waals surface area contributed by atoms with Crippen molar-refractivity contribution >= 4 is 53.0 Å². The topological polar surface area (TPSA) is 119 Å². The smallest absolute Gasteiger partial charge is 0.164 e. The third-order valence-electron chi connectivity index (χ3n) is 5.15. The number of fused-ring (bicyclic) bond motifs is 1. The Morgan fingerprint density at radius 2 is 2.10 bits per heavy atom. The number of hydrogen-bond donors (Lipinski definition) is 3. The van der Waals surface area contributed by atoms with Crippen molar-refractivity contribution in [1.82, 2.24) is 14.5 Å². The number of nitrogens with zero attached hydrogens (tertiary/aromatic N) is 4. The lowest BCUT2D eigenvalue weighted by atomic mass is 10.1. The molecule has 31 heavy (non-hydrogen) atoms. The monoisotopic (exact) mass is 439 g/mol. The van der Waals surface area contributed by atoms with Gasteiger partial charge in [-0.3, -0.25) is 4.99 Å². The van der Waals surface area contributed by atoms with E-state index in [9.17, 15) is 10.2 Å². The van der Waals surface area contributed by atoms with Gasteiger partial charge >= 0.3 is 0 Å². The molecule has 9 heteroatoms. The molecule has 2 aromatic heterocycles. The minimum atomic E-state index is -1.15. The second kappa shape index (κ2) is 8.60. The number of aliphatic imine (C=N–C) groups is 1. The molecule has 3 heterocycles. The van der Waals surface area contributed by atoms with E-state index >= 15 is 0 Å². The van der Waals surface area contributed by atoms with Crippen LogP contribution in [-0.4, -0.2) is 49.8 Å². The van der Waals surface area contributed by atoms with Crippen LogP contribution in [-0.2, 0) is 4.74 Å².